The summed E-state index contributed by atoms with van der Waals surface area (Å²) in [4.78, 5) is 0.240. The summed E-state index contributed by atoms with van der Waals surface area (Å²) < 4.78 is 10.1. The zero-order valence-corrected chi connectivity index (χ0v) is 9.09. The number of hydrogen-bond donors (Lipinski definition) is 1. The van der Waals surface area contributed by atoms with Crippen molar-refractivity contribution in [2.75, 3.05) is 0 Å². The molecule has 0 aliphatic carbocycles. The van der Waals surface area contributed by atoms with Crippen LogP contribution in [-0.2, 0) is 0 Å². The van der Waals surface area contributed by atoms with Crippen molar-refractivity contribution >= 4 is 17.2 Å². The van der Waals surface area contributed by atoms with Gasteiger partial charge in [-0.05, 0) is 13.8 Å². The molecule has 2 aromatic rings. The summed E-state index contributed by atoms with van der Waals surface area (Å²) in [5.74, 6) is 1.14. The van der Waals surface area contributed by atoms with Gasteiger partial charge in [0.15, 0.2) is 11.5 Å². The average molecular weight is 223 g/mol. The zero-order chi connectivity index (χ0) is 11.0. The number of nitrogens with zero attached hydrogens (tertiary/aromatic N) is 2. The average Bonchev–Trinajstić information content (AvgIpc) is 2.71. The molecular weight excluding hydrogens is 214 g/mol. The largest absolute Gasteiger partial charge is 0.389 e. The molecule has 0 saturated carbocycles. The van der Waals surface area contributed by atoms with Gasteiger partial charge in [0.2, 0.25) is 0 Å². The summed E-state index contributed by atoms with van der Waals surface area (Å²) in [6, 6.07) is 1.74. The fourth-order valence-electron chi connectivity index (χ4n) is 1.31. The van der Waals surface area contributed by atoms with Crippen molar-refractivity contribution < 1.29 is 9.05 Å². The Hall–Kier alpha value is -1.69. The van der Waals surface area contributed by atoms with Gasteiger partial charge in [-0.25, -0.2) is 0 Å². The fourth-order valence-corrected chi connectivity index (χ4v) is 1.55. The van der Waals surface area contributed by atoms with Crippen LogP contribution < -0.4 is 5.73 Å². The Morgan fingerprint density at radius 2 is 2.07 bits per heavy atom. The van der Waals surface area contributed by atoms with E-state index in [2.05, 4.69) is 10.3 Å². The first-order chi connectivity index (χ1) is 7.09. The molecule has 0 aliphatic heterocycles. The molecule has 0 aliphatic rings. The van der Waals surface area contributed by atoms with Crippen LogP contribution in [-0.4, -0.2) is 15.3 Å². The highest BCUT2D eigenvalue weighted by atomic mass is 32.1. The second kappa shape index (κ2) is 3.47. The van der Waals surface area contributed by atoms with E-state index in [-0.39, 0.29) is 4.99 Å². The molecule has 0 saturated heterocycles. The summed E-state index contributed by atoms with van der Waals surface area (Å²) >= 11 is 4.92. The lowest BCUT2D eigenvalue weighted by molar-refractivity contribution is 0.390. The second-order valence-electron chi connectivity index (χ2n) is 3.16. The Morgan fingerprint density at radius 3 is 2.60 bits per heavy atom. The molecule has 5 nitrogen and oxygen atoms in total. The molecule has 0 bridgehead atoms. The maximum Gasteiger partial charge on any atom is 0.199 e. The molecule has 6 heteroatoms. The van der Waals surface area contributed by atoms with Gasteiger partial charge in [0.1, 0.15) is 10.7 Å². The predicted molar refractivity (Wildman–Crippen MR) is 57.4 cm³/mol. The summed E-state index contributed by atoms with van der Waals surface area (Å²) in [6.07, 6.45) is 0. The topological polar surface area (TPSA) is 78.1 Å². The molecule has 2 N–H and O–H groups in total. The quantitative estimate of drug-likeness (QED) is 0.779. The third kappa shape index (κ3) is 1.63. The Labute approximate surface area is 91.2 Å². The van der Waals surface area contributed by atoms with Crippen molar-refractivity contribution in [2.24, 2.45) is 5.73 Å². The molecule has 2 rings (SSSR count). The van der Waals surface area contributed by atoms with Crippen LogP contribution in [0.2, 0.25) is 0 Å². The van der Waals surface area contributed by atoms with Gasteiger partial charge in [0.25, 0.3) is 0 Å². The number of hydrogen-bond acceptors (Lipinski definition) is 5. The van der Waals surface area contributed by atoms with Crippen LogP contribution >= 0.6 is 12.2 Å². The second-order valence-corrected chi connectivity index (χ2v) is 3.60. The molecule has 0 fully saturated rings. The van der Waals surface area contributed by atoms with E-state index in [1.54, 1.807) is 19.9 Å². The first kappa shape index (κ1) is 9.85. The first-order valence-corrected chi connectivity index (χ1v) is 4.70. The third-order valence-corrected chi connectivity index (χ3v) is 2.17. The van der Waals surface area contributed by atoms with Gasteiger partial charge in [-0.1, -0.05) is 22.5 Å². The minimum Gasteiger partial charge on any atom is -0.389 e. The van der Waals surface area contributed by atoms with Crippen molar-refractivity contribution in [3.05, 3.63) is 23.1 Å². The molecule has 0 amide bonds. The van der Waals surface area contributed by atoms with Crippen LogP contribution in [0.4, 0.5) is 0 Å². The number of aryl methyl sites for hydroxylation is 2. The van der Waals surface area contributed by atoms with Crippen molar-refractivity contribution in [3.63, 3.8) is 0 Å². The van der Waals surface area contributed by atoms with Crippen LogP contribution in [0, 0.1) is 13.8 Å². The number of nitrogens with two attached hydrogens (primary N) is 1. The van der Waals surface area contributed by atoms with Gasteiger partial charge in [-0.3, -0.25) is 0 Å². The van der Waals surface area contributed by atoms with E-state index < -0.39 is 0 Å². The van der Waals surface area contributed by atoms with Crippen LogP contribution in [0.3, 0.4) is 0 Å². The van der Waals surface area contributed by atoms with E-state index in [4.69, 9.17) is 27.0 Å². The van der Waals surface area contributed by atoms with Crippen molar-refractivity contribution in [2.45, 2.75) is 13.8 Å². The van der Waals surface area contributed by atoms with E-state index >= 15 is 0 Å². The van der Waals surface area contributed by atoms with Crippen molar-refractivity contribution in [1.29, 1.82) is 0 Å². The van der Waals surface area contributed by atoms with Gasteiger partial charge in [0.05, 0.1) is 11.3 Å². The SMILES string of the molecule is Cc1cc(-c2onc(C)c2C(N)=S)no1. The first-order valence-electron chi connectivity index (χ1n) is 4.29. The Kier molecular flexibility index (Phi) is 2.28. The van der Waals surface area contributed by atoms with E-state index in [9.17, 15) is 0 Å². The smallest absolute Gasteiger partial charge is 0.199 e. The predicted octanol–water partition coefficient (Wildman–Crippen LogP) is 1.58. The van der Waals surface area contributed by atoms with Crippen LogP contribution in [0.1, 0.15) is 17.0 Å². The van der Waals surface area contributed by atoms with Gasteiger partial charge < -0.3 is 14.8 Å². The highest BCUT2D eigenvalue weighted by molar-refractivity contribution is 7.80. The molecule has 0 unspecified atom stereocenters. The minimum absolute atomic E-state index is 0.240. The fraction of sp³-hybridized carbons (Fsp3) is 0.222. The Morgan fingerprint density at radius 1 is 1.33 bits per heavy atom. The Bertz CT molecular complexity index is 515. The van der Waals surface area contributed by atoms with Gasteiger partial charge in [-0.15, -0.1) is 0 Å². The van der Waals surface area contributed by atoms with E-state index in [0.717, 1.165) is 0 Å². The van der Waals surface area contributed by atoms with E-state index in [1.165, 1.54) is 0 Å². The lowest BCUT2D eigenvalue weighted by atomic mass is 10.1. The molecule has 0 aromatic carbocycles. The van der Waals surface area contributed by atoms with Gasteiger partial charge in [0, 0.05) is 6.07 Å². The third-order valence-electron chi connectivity index (χ3n) is 1.97. The highest BCUT2D eigenvalue weighted by Crippen LogP contribution is 2.25. The van der Waals surface area contributed by atoms with Gasteiger partial charge in [-0.2, -0.15) is 0 Å². The van der Waals surface area contributed by atoms with E-state index in [1.807, 2.05) is 0 Å². The maximum atomic E-state index is 5.58. The highest BCUT2D eigenvalue weighted by Gasteiger charge is 2.19. The van der Waals surface area contributed by atoms with Crippen LogP contribution in [0.15, 0.2) is 15.1 Å². The zero-order valence-electron chi connectivity index (χ0n) is 8.27. The van der Waals surface area contributed by atoms with Crippen LogP contribution in [0.25, 0.3) is 11.5 Å². The molecule has 78 valence electrons. The molecule has 2 aromatic heterocycles. The molecule has 15 heavy (non-hydrogen) atoms. The standard InChI is InChI=1S/C9H9N3O2S/c1-4-3-6(12-13-4)8-7(9(10)15)5(2)11-14-8/h3H,1-2H3,(H2,10,15). The number of aromatic nitrogens is 2. The maximum absolute atomic E-state index is 5.58. The molecule has 2 heterocycles. The summed E-state index contributed by atoms with van der Waals surface area (Å²) in [5, 5.41) is 7.62. The minimum atomic E-state index is 0.240. The van der Waals surface area contributed by atoms with Crippen molar-refractivity contribution in [3.8, 4) is 11.5 Å². The summed E-state index contributed by atoms with van der Waals surface area (Å²) in [7, 11) is 0. The van der Waals surface area contributed by atoms with Gasteiger partial charge >= 0.3 is 0 Å². The molecule has 0 radical (unpaired) electrons. The Balaban J connectivity index is 2.58. The summed E-state index contributed by atoms with van der Waals surface area (Å²) in [5.41, 5.74) is 7.39. The lowest BCUT2D eigenvalue weighted by Gasteiger charge is -1.94. The number of rotatable bonds is 2. The van der Waals surface area contributed by atoms with Crippen molar-refractivity contribution in [1.82, 2.24) is 10.3 Å². The molecular formula is C9H9N3O2S. The van der Waals surface area contributed by atoms with E-state index in [0.29, 0.717) is 28.5 Å². The number of thiocarbonyl (C=S) groups is 1. The molecule has 0 spiro atoms. The summed E-state index contributed by atoms with van der Waals surface area (Å²) in [6.45, 7) is 3.56. The molecule has 0 atom stereocenters. The monoisotopic (exact) mass is 223 g/mol. The lowest BCUT2D eigenvalue weighted by Crippen LogP contribution is -2.11. The van der Waals surface area contributed by atoms with Crippen LogP contribution in [0.5, 0.6) is 0 Å². The normalized spacial score (nSPS) is 10.5.